The van der Waals surface area contributed by atoms with Crippen LogP contribution in [0.4, 0.5) is 0 Å². The summed E-state index contributed by atoms with van der Waals surface area (Å²) in [5.74, 6) is 0.0160. The van der Waals surface area contributed by atoms with Crippen LogP contribution >= 0.6 is 22.9 Å². The fourth-order valence-electron chi connectivity index (χ4n) is 1.59. The van der Waals surface area contributed by atoms with Crippen LogP contribution in [0.5, 0.6) is 0 Å². The molecule has 0 aliphatic rings. The van der Waals surface area contributed by atoms with Gasteiger partial charge in [0, 0.05) is 10.4 Å². The SMILES string of the molecule is C/C(=N/NC(=O)c1nc(C(C)C)cs1)c1ccc(Cl)cc1. The number of carbonyl (C=O) groups excluding carboxylic acids is 1. The number of hydrogen-bond donors (Lipinski definition) is 1. The summed E-state index contributed by atoms with van der Waals surface area (Å²) in [5.41, 5.74) is 5.06. The minimum atomic E-state index is -0.291. The summed E-state index contributed by atoms with van der Waals surface area (Å²) in [6, 6.07) is 7.28. The number of nitrogens with zero attached hydrogens (tertiary/aromatic N) is 2. The van der Waals surface area contributed by atoms with Crippen molar-refractivity contribution in [2.45, 2.75) is 26.7 Å². The maximum atomic E-state index is 12.0. The average Bonchev–Trinajstić information content (AvgIpc) is 2.95. The number of hydrazone groups is 1. The van der Waals surface area contributed by atoms with Crippen molar-refractivity contribution in [1.82, 2.24) is 10.4 Å². The average molecular weight is 322 g/mol. The highest BCUT2D eigenvalue weighted by Crippen LogP contribution is 2.17. The van der Waals surface area contributed by atoms with Gasteiger partial charge in [0.1, 0.15) is 0 Å². The van der Waals surface area contributed by atoms with Gasteiger partial charge in [0.15, 0.2) is 5.01 Å². The molecule has 0 aliphatic carbocycles. The first-order valence-electron chi connectivity index (χ1n) is 6.53. The third-order valence-corrected chi connectivity index (χ3v) is 4.01. The third-order valence-electron chi connectivity index (χ3n) is 2.89. The second kappa shape index (κ2) is 6.83. The van der Waals surface area contributed by atoms with E-state index in [2.05, 4.69) is 15.5 Å². The summed E-state index contributed by atoms with van der Waals surface area (Å²) >= 11 is 7.16. The minimum Gasteiger partial charge on any atom is -0.265 e. The Bertz CT molecular complexity index is 662. The number of halogens is 1. The van der Waals surface area contributed by atoms with Crippen molar-refractivity contribution in [1.29, 1.82) is 0 Å². The van der Waals surface area contributed by atoms with Gasteiger partial charge in [-0.3, -0.25) is 4.79 Å². The van der Waals surface area contributed by atoms with E-state index in [1.165, 1.54) is 11.3 Å². The maximum Gasteiger partial charge on any atom is 0.300 e. The van der Waals surface area contributed by atoms with Crippen molar-refractivity contribution < 1.29 is 4.79 Å². The second-order valence-corrected chi connectivity index (χ2v) is 6.17. The highest BCUT2D eigenvalue weighted by atomic mass is 35.5. The van der Waals surface area contributed by atoms with E-state index in [9.17, 15) is 4.79 Å². The Morgan fingerprint density at radius 2 is 2.00 bits per heavy atom. The molecule has 110 valence electrons. The Hall–Kier alpha value is -1.72. The molecule has 1 N–H and O–H groups in total. The van der Waals surface area contributed by atoms with E-state index in [0.29, 0.717) is 21.7 Å². The summed E-state index contributed by atoms with van der Waals surface area (Å²) in [7, 11) is 0. The number of amides is 1. The topological polar surface area (TPSA) is 54.4 Å². The number of benzene rings is 1. The number of rotatable bonds is 4. The highest BCUT2D eigenvalue weighted by molar-refractivity contribution is 7.11. The Labute approximate surface area is 132 Å². The monoisotopic (exact) mass is 321 g/mol. The van der Waals surface area contributed by atoms with Gasteiger partial charge >= 0.3 is 0 Å². The lowest BCUT2D eigenvalue weighted by Crippen LogP contribution is -2.19. The number of hydrogen-bond acceptors (Lipinski definition) is 4. The molecule has 0 radical (unpaired) electrons. The van der Waals surface area contributed by atoms with Crippen LogP contribution in [0.25, 0.3) is 0 Å². The van der Waals surface area contributed by atoms with Crippen molar-refractivity contribution in [3.05, 3.63) is 50.9 Å². The minimum absolute atomic E-state index is 0.291. The number of carbonyl (C=O) groups is 1. The normalized spacial score (nSPS) is 11.8. The van der Waals surface area contributed by atoms with E-state index in [1.807, 2.05) is 38.3 Å². The zero-order valence-corrected chi connectivity index (χ0v) is 13.6. The van der Waals surface area contributed by atoms with Crippen molar-refractivity contribution in [3.8, 4) is 0 Å². The fourth-order valence-corrected chi connectivity index (χ4v) is 2.59. The molecule has 0 atom stereocenters. The van der Waals surface area contributed by atoms with Gasteiger partial charge in [-0.15, -0.1) is 11.3 Å². The quantitative estimate of drug-likeness (QED) is 0.681. The molecule has 6 heteroatoms. The van der Waals surface area contributed by atoms with Gasteiger partial charge in [-0.25, -0.2) is 10.4 Å². The second-order valence-electron chi connectivity index (χ2n) is 4.88. The van der Waals surface area contributed by atoms with Gasteiger partial charge < -0.3 is 0 Å². The lowest BCUT2D eigenvalue weighted by molar-refractivity contribution is 0.0954. The zero-order valence-electron chi connectivity index (χ0n) is 12.1. The van der Waals surface area contributed by atoms with Crippen LogP contribution in [-0.4, -0.2) is 16.6 Å². The summed E-state index contributed by atoms with van der Waals surface area (Å²) < 4.78 is 0. The number of thiazole rings is 1. The molecule has 0 bridgehead atoms. The number of aromatic nitrogens is 1. The molecule has 0 saturated carbocycles. The summed E-state index contributed by atoms with van der Waals surface area (Å²) in [5, 5.41) is 7.08. The summed E-state index contributed by atoms with van der Waals surface area (Å²) in [6.07, 6.45) is 0. The van der Waals surface area contributed by atoms with Crippen LogP contribution in [0, 0.1) is 0 Å². The first-order chi connectivity index (χ1) is 9.97. The molecule has 0 aliphatic heterocycles. The van der Waals surface area contributed by atoms with E-state index in [0.717, 1.165) is 11.3 Å². The highest BCUT2D eigenvalue weighted by Gasteiger charge is 2.12. The first-order valence-corrected chi connectivity index (χ1v) is 7.79. The van der Waals surface area contributed by atoms with Crippen molar-refractivity contribution in [3.63, 3.8) is 0 Å². The van der Waals surface area contributed by atoms with Crippen LogP contribution in [0.15, 0.2) is 34.7 Å². The van der Waals surface area contributed by atoms with Gasteiger partial charge in [-0.2, -0.15) is 5.10 Å². The zero-order chi connectivity index (χ0) is 15.4. The van der Waals surface area contributed by atoms with Gasteiger partial charge in [0.05, 0.1) is 11.4 Å². The fraction of sp³-hybridized carbons (Fsp3) is 0.267. The molecule has 4 nitrogen and oxygen atoms in total. The Morgan fingerprint density at radius 1 is 1.33 bits per heavy atom. The molecule has 1 aromatic carbocycles. The van der Waals surface area contributed by atoms with Gasteiger partial charge in [0.2, 0.25) is 0 Å². The predicted octanol–water partition coefficient (Wildman–Crippen LogP) is 4.07. The lowest BCUT2D eigenvalue weighted by atomic mass is 10.1. The van der Waals surface area contributed by atoms with E-state index in [1.54, 1.807) is 12.1 Å². The molecule has 1 aromatic heterocycles. The van der Waals surface area contributed by atoms with Crippen LogP contribution < -0.4 is 5.43 Å². The maximum absolute atomic E-state index is 12.0. The van der Waals surface area contributed by atoms with Crippen molar-refractivity contribution in [2.75, 3.05) is 0 Å². The van der Waals surface area contributed by atoms with Crippen LogP contribution in [-0.2, 0) is 0 Å². The van der Waals surface area contributed by atoms with Gasteiger partial charge in [-0.05, 0) is 30.5 Å². The molecule has 0 spiro atoms. The Morgan fingerprint density at radius 3 is 2.57 bits per heavy atom. The molecule has 0 saturated heterocycles. The van der Waals surface area contributed by atoms with Crippen molar-refractivity contribution in [2.24, 2.45) is 5.10 Å². The predicted molar refractivity (Wildman–Crippen MR) is 87.3 cm³/mol. The largest absolute Gasteiger partial charge is 0.300 e. The molecule has 21 heavy (non-hydrogen) atoms. The molecule has 0 unspecified atom stereocenters. The van der Waals surface area contributed by atoms with Crippen LogP contribution in [0.2, 0.25) is 5.02 Å². The lowest BCUT2D eigenvalue weighted by Gasteiger charge is -2.02. The molecule has 1 amide bonds. The van der Waals surface area contributed by atoms with Crippen molar-refractivity contribution >= 4 is 34.6 Å². The molecule has 2 rings (SSSR count). The Balaban J connectivity index is 2.05. The van der Waals surface area contributed by atoms with Gasteiger partial charge in [0.25, 0.3) is 5.91 Å². The molecule has 2 aromatic rings. The Kier molecular flexibility index (Phi) is 5.09. The first kappa shape index (κ1) is 15.7. The summed E-state index contributed by atoms with van der Waals surface area (Å²) in [4.78, 5) is 16.3. The van der Waals surface area contributed by atoms with Crippen LogP contribution in [0.3, 0.4) is 0 Å². The van der Waals surface area contributed by atoms with E-state index < -0.39 is 0 Å². The van der Waals surface area contributed by atoms with E-state index >= 15 is 0 Å². The third kappa shape index (κ3) is 4.12. The van der Waals surface area contributed by atoms with Crippen LogP contribution in [0.1, 0.15) is 47.7 Å². The van der Waals surface area contributed by atoms with Gasteiger partial charge in [-0.1, -0.05) is 37.6 Å². The molecular weight excluding hydrogens is 306 g/mol. The smallest absolute Gasteiger partial charge is 0.265 e. The standard InChI is InChI=1S/C15H16ClN3OS/c1-9(2)13-8-21-15(17-13)14(20)19-18-10(3)11-4-6-12(16)7-5-11/h4-9H,1-3H3,(H,19,20)/b18-10-. The molecule has 1 heterocycles. The summed E-state index contributed by atoms with van der Waals surface area (Å²) in [6.45, 7) is 5.91. The molecular formula is C15H16ClN3OS. The number of nitrogens with one attached hydrogen (secondary N) is 1. The van der Waals surface area contributed by atoms with E-state index in [4.69, 9.17) is 11.6 Å². The molecule has 0 fully saturated rings. The van der Waals surface area contributed by atoms with E-state index in [-0.39, 0.29) is 5.91 Å².